The molecule has 1 saturated carbocycles. The maximum absolute atomic E-state index is 6.13. The molecule has 0 amide bonds. The molecule has 2 N–H and O–H groups in total. The molecule has 12 heavy (non-hydrogen) atoms. The standard InChI is InChI=1S/C9H11BrN2/c10-8-4-7(5-12-6-8)9(11)2-1-3-9/h4-6H,1-3,11H2. The van der Waals surface area contributed by atoms with Gasteiger partial charge in [0.1, 0.15) is 0 Å². The lowest BCUT2D eigenvalue weighted by molar-refractivity contribution is 0.253. The lowest BCUT2D eigenvalue weighted by Gasteiger charge is -2.38. The maximum atomic E-state index is 6.13. The van der Waals surface area contributed by atoms with Crippen LogP contribution in [0.25, 0.3) is 0 Å². The summed E-state index contributed by atoms with van der Waals surface area (Å²) in [6.07, 6.45) is 7.06. The summed E-state index contributed by atoms with van der Waals surface area (Å²) in [6.45, 7) is 0. The molecule has 0 radical (unpaired) electrons. The minimum atomic E-state index is -0.0865. The topological polar surface area (TPSA) is 38.9 Å². The minimum Gasteiger partial charge on any atom is -0.321 e. The van der Waals surface area contributed by atoms with Gasteiger partial charge in [-0.2, -0.15) is 0 Å². The van der Waals surface area contributed by atoms with E-state index >= 15 is 0 Å². The van der Waals surface area contributed by atoms with E-state index < -0.39 is 0 Å². The van der Waals surface area contributed by atoms with Crippen LogP contribution < -0.4 is 5.73 Å². The first-order valence-corrected chi connectivity index (χ1v) is 4.90. The fraction of sp³-hybridized carbons (Fsp3) is 0.444. The number of aromatic nitrogens is 1. The van der Waals surface area contributed by atoms with Crippen LogP contribution in [-0.2, 0) is 5.54 Å². The molecule has 0 aliphatic heterocycles. The molecule has 1 heterocycles. The first kappa shape index (κ1) is 8.20. The van der Waals surface area contributed by atoms with Crippen LogP contribution in [0.2, 0.25) is 0 Å². The maximum Gasteiger partial charge on any atom is 0.0425 e. The van der Waals surface area contributed by atoms with E-state index in [1.165, 1.54) is 6.42 Å². The van der Waals surface area contributed by atoms with Crippen molar-refractivity contribution in [3.8, 4) is 0 Å². The predicted octanol–water partition coefficient (Wildman–Crippen LogP) is 2.18. The third-order valence-corrected chi connectivity index (χ3v) is 2.96. The molecule has 0 atom stereocenters. The van der Waals surface area contributed by atoms with E-state index in [0.29, 0.717) is 0 Å². The van der Waals surface area contributed by atoms with Crippen LogP contribution in [0.1, 0.15) is 24.8 Å². The lowest BCUT2D eigenvalue weighted by Crippen LogP contribution is -2.43. The van der Waals surface area contributed by atoms with Crippen LogP contribution in [0.5, 0.6) is 0 Å². The molecule has 3 heteroatoms. The van der Waals surface area contributed by atoms with E-state index in [1.807, 2.05) is 6.20 Å². The van der Waals surface area contributed by atoms with Crippen LogP contribution in [0.15, 0.2) is 22.9 Å². The van der Waals surface area contributed by atoms with Crippen molar-refractivity contribution in [1.82, 2.24) is 4.98 Å². The molecule has 0 unspecified atom stereocenters. The summed E-state index contributed by atoms with van der Waals surface area (Å²) in [6, 6.07) is 2.06. The smallest absolute Gasteiger partial charge is 0.0425 e. The SMILES string of the molecule is NC1(c2cncc(Br)c2)CCC1. The molecule has 2 nitrogen and oxygen atoms in total. The number of halogens is 1. The second-order valence-corrected chi connectivity index (χ2v) is 4.32. The molecule has 0 bridgehead atoms. The van der Waals surface area contributed by atoms with Gasteiger partial charge in [-0.15, -0.1) is 0 Å². The van der Waals surface area contributed by atoms with Crippen molar-refractivity contribution in [2.75, 3.05) is 0 Å². The van der Waals surface area contributed by atoms with Gasteiger partial charge >= 0.3 is 0 Å². The second-order valence-electron chi connectivity index (χ2n) is 3.40. The summed E-state index contributed by atoms with van der Waals surface area (Å²) >= 11 is 3.39. The zero-order chi connectivity index (χ0) is 8.60. The highest BCUT2D eigenvalue weighted by Crippen LogP contribution is 2.38. The van der Waals surface area contributed by atoms with Gasteiger partial charge in [0.15, 0.2) is 0 Å². The van der Waals surface area contributed by atoms with Gasteiger partial charge in [-0.1, -0.05) is 0 Å². The van der Waals surface area contributed by atoms with Crippen molar-refractivity contribution >= 4 is 15.9 Å². The Hall–Kier alpha value is -0.410. The number of nitrogens with zero attached hydrogens (tertiary/aromatic N) is 1. The molecule has 1 aromatic rings. The van der Waals surface area contributed by atoms with E-state index in [-0.39, 0.29) is 5.54 Å². The zero-order valence-electron chi connectivity index (χ0n) is 6.76. The number of nitrogens with two attached hydrogens (primary N) is 1. The molecule has 2 rings (SSSR count). The largest absolute Gasteiger partial charge is 0.321 e. The van der Waals surface area contributed by atoms with Crippen LogP contribution in [-0.4, -0.2) is 4.98 Å². The third-order valence-electron chi connectivity index (χ3n) is 2.53. The van der Waals surface area contributed by atoms with Gasteiger partial charge in [0.05, 0.1) is 0 Å². The highest BCUT2D eigenvalue weighted by Gasteiger charge is 2.34. The lowest BCUT2D eigenvalue weighted by atomic mass is 9.73. The molecular formula is C9H11BrN2. The normalized spacial score (nSPS) is 20.2. The number of rotatable bonds is 1. The van der Waals surface area contributed by atoms with E-state index in [0.717, 1.165) is 22.9 Å². The Bertz CT molecular complexity index is 294. The summed E-state index contributed by atoms with van der Waals surface area (Å²) in [5.74, 6) is 0. The van der Waals surface area contributed by atoms with Crippen LogP contribution in [0, 0.1) is 0 Å². The van der Waals surface area contributed by atoms with Gasteiger partial charge < -0.3 is 5.73 Å². The minimum absolute atomic E-state index is 0.0865. The molecule has 1 aliphatic rings. The molecule has 0 spiro atoms. The Morgan fingerprint density at radius 3 is 2.67 bits per heavy atom. The first-order chi connectivity index (χ1) is 5.71. The Labute approximate surface area is 80.3 Å². The van der Waals surface area contributed by atoms with E-state index in [4.69, 9.17) is 5.73 Å². The first-order valence-electron chi connectivity index (χ1n) is 4.11. The summed E-state index contributed by atoms with van der Waals surface area (Å²) in [5, 5.41) is 0. The quantitative estimate of drug-likeness (QED) is 0.798. The van der Waals surface area contributed by atoms with Gasteiger partial charge in [-0.05, 0) is 46.8 Å². The Morgan fingerprint density at radius 1 is 1.42 bits per heavy atom. The molecule has 0 saturated heterocycles. The van der Waals surface area contributed by atoms with Gasteiger partial charge in [0, 0.05) is 22.4 Å². The Balaban J connectivity index is 2.33. The zero-order valence-corrected chi connectivity index (χ0v) is 8.34. The van der Waals surface area contributed by atoms with Gasteiger partial charge in [0.25, 0.3) is 0 Å². The molecular weight excluding hydrogens is 216 g/mol. The number of pyridine rings is 1. The highest BCUT2D eigenvalue weighted by molar-refractivity contribution is 9.10. The summed E-state index contributed by atoms with van der Waals surface area (Å²) in [7, 11) is 0. The van der Waals surface area contributed by atoms with Gasteiger partial charge in [-0.3, -0.25) is 4.98 Å². The third kappa shape index (κ3) is 1.27. The molecule has 1 fully saturated rings. The average molecular weight is 227 g/mol. The van der Waals surface area contributed by atoms with Gasteiger partial charge in [0.2, 0.25) is 0 Å². The van der Waals surface area contributed by atoms with Crippen molar-refractivity contribution in [2.45, 2.75) is 24.8 Å². The molecule has 1 aromatic heterocycles. The van der Waals surface area contributed by atoms with Gasteiger partial charge in [-0.25, -0.2) is 0 Å². The van der Waals surface area contributed by atoms with Crippen LogP contribution in [0.4, 0.5) is 0 Å². The second kappa shape index (κ2) is 2.82. The van der Waals surface area contributed by atoms with E-state index in [9.17, 15) is 0 Å². The monoisotopic (exact) mass is 226 g/mol. The van der Waals surface area contributed by atoms with E-state index in [2.05, 4.69) is 27.0 Å². The average Bonchev–Trinajstić information content (AvgIpc) is 2.00. The van der Waals surface area contributed by atoms with Crippen LogP contribution in [0.3, 0.4) is 0 Å². The molecule has 1 aliphatic carbocycles. The molecule has 0 aromatic carbocycles. The fourth-order valence-corrected chi connectivity index (χ4v) is 1.90. The van der Waals surface area contributed by atoms with Crippen molar-refractivity contribution in [1.29, 1.82) is 0 Å². The fourth-order valence-electron chi connectivity index (χ4n) is 1.53. The Morgan fingerprint density at radius 2 is 2.17 bits per heavy atom. The number of hydrogen-bond acceptors (Lipinski definition) is 2. The summed E-state index contributed by atoms with van der Waals surface area (Å²) in [5.41, 5.74) is 7.20. The Kier molecular flexibility index (Phi) is 1.93. The van der Waals surface area contributed by atoms with Crippen LogP contribution >= 0.6 is 15.9 Å². The molecule has 64 valence electrons. The van der Waals surface area contributed by atoms with Crippen molar-refractivity contribution in [3.05, 3.63) is 28.5 Å². The summed E-state index contributed by atoms with van der Waals surface area (Å²) < 4.78 is 1.01. The van der Waals surface area contributed by atoms with Crippen molar-refractivity contribution < 1.29 is 0 Å². The summed E-state index contributed by atoms with van der Waals surface area (Å²) in [4.78, 5) is 4.11. The highest BCUT2D eigenvalue weighted by atomic mass is 79.9. The van der Waals surface area contributed by atoms with Crippen molar-refractivity contribution in [3.63, 3.8) is 0 Å². The predicted molar refractivity (Wildman–Crippen MR) is 51.7 cm³/mol. The number of hydrogen-bond donors (Lipinski definition) is 1. The van der Waals surface area contributed by atoms with E-state index in [1.54, 1.807) is 6.20 Å². The van der Waals surface area contributed by atoms with Crippen molar-refractivity contribution in [2.24, 2.45) is 5.73 Å².